The Kier molecular flexibility index (Phi) is 5.92. The molecule has 0 bridgehead atoms. The average Bonchev–Trinajstić information content (AvgIpc) is 3.01. The van der Waals surface area contributed by atoms with Crippen LogP contribution in [0.3, 0.4) is 0 Å². The summed E-state index contributed by atoms with van der Waals surface area (Å²) in [6, 6.07) is 6.55. The van der Waals surface area contributed by atoms with Crippen LogP contribution in [0.15, 0.2) is 28.8 Å². The van der Waals surface area contributed by atoms with Gasteiger partial charge in [0.1, 0.15) is 0 Å². The summed E-state index contributed by atoms with van der Waals surface area (Å²) < 4.78 is 5.13. The number of aromatic nitrogens is 1. The maximum Gasteiger partial charge on any atom is 0.255 e. The summed E-state index contributed by atoms with van der Waals surface area (Å²) in [6.45, 7) is 5.95. The van der Waals surface area contributed by atoms with Crippen LogP contribution in [0.2, 0.25) is 5.02 Å². The van der Waals surface area contributed by atoms with Gasteiger partial charge in [-0.2, -0.15) is 0 Å². The van der Waals surface area contributed by atoms with Gasteiger partial charge >= 0.3 is 0 Å². The highest BCUT2D eigenvalue weighted by atomic mass is 35.5. The van der Waals surface area contributed by atoms with Crippen molar-refractivity contribution < 1.29 is 14.1 Å². The fourth-order valence-corrected chi connectivity index (χ4v) is 2.31. The van der Waals surface area contributed by atoms with E-state index in [4.69, 9.17) is 16.1 Å². The Labute approximate surface area is 157 Å². The van der Waals surface area contributed by atoms with E-state index < -0.39 is 0 Å². The Hall–Kier alpha value is -2.54. The first kappa shape index (κ1) is 19.8. The number of halogens is 1. The highest BCUT2D eigenvalue weighted by Gasteiger charge is 2.20. The zero-order valence-electron chi connectivity index (χ0n) is 15.5. The number of hydrogen-bond acceptors (Lipinski definition) is 5. The summed E-state index contributed by atoms with van der Waals surface area (Å²) in [6.07, 6.45) is 0. The number of hydrogen-bond donors (Lipinski definition) is 2. The minimum Gasteiger partial charge on any atom is -0.375 e. The van der Waals surface area contributed by atoms with Crippen LogP contribution >= 0.6 is 11.6 Å². The van der Waals surface area contributed by atoms with Gasteiger partial charge < -0.3 is 14.7 Å². The van der Waals surface area contributed by atoms with E-state index in [1.165, 1.54) is 4.90 Å². The van der Waals surface area contributed by atoms with Crippen molar-refractivity contribution >= 4 is 35.0 Å². The SMILES string of the molecule is CN(C)C(=O)c1ccc(Cl)cc1NCC(=O)Nc1cc(C(C)(C)C)no1. The standard InChI is InChI=1S/C18H23ClN4O3/c1-18(2,3)14-9-16(26-22-14)21-15(24)10-20-13-8-11(19)6-7-12(13)17(25)23(4)5/h6-9,20H,10H2,1-5H3,(H,21,24). The lowest BCUT2D eigenvalue weighted by atomic mass is 9.92. The molecule has 0 atom stereocenters. The molecule has 140 valence electrons. The minimum absolute atomic E-state index is 0.0560. The largest absolute Gasteiger partial charge is 0.375 e. The van der Waals surface area contributed by atoms with E-state index in [0.29, 0.717) is 16.3 Å². The predicted molar refractivity (Wildman–Crippen MR) is 102 cm³/mol. The maximum atomic E-state index is 12.2. The molecule has 0 aliphatic carbocycles. The van der Waals surface area contributed by atoms with Crippen molar-refractivity contribution in [2.24, 2.45) is 0 Å². The molecule has 2 N–H and O–H groups in total. The molecule has 8 heteroatoms. The Morgan fingerprint density at radius 2 is 1.92 bits per heavy atom. The van der Waals surface area contributed by atoms with Crippen LogP contribution in [0.1, 0.15) is 36.8 Å². The molecule has 2 amide bonds. The number of rotatable bonds is 5. The molecule has 1 heterocycles. The van der Waals surface area contributed by atoms with Crippen LogP contribution < -0.4 is 10.6 Å². The Balaban J connectivity index is 2.04. The summed E-state index contributed by atoms with van der Waals surface area (Å²) in [5.74, 6) is -0.239. The Morgan fingerprint density at radius 1 is 1.23 bits per heavy atom. The monoisotopic (exact) mass is 378 g/mol. The lowest BCUT2D eigenvalue weighted by Gasteiger charge is -2.15. The number of anilines is 2. The number of amides is 2. The molecule has 26 heavy (non-hydrogen) atoms. The third kappa shape index (κ3) is 4.98. The zero-order chi connectivity index (χ0) is 19.5. The van der Waals surface area contributed by atoms with Crippen molar-refractivity contribution in [3.05, 3.63) is 40.5 Å². The highest BCUT2D eigenvalue weighted by Crippen LogP contribution is 2.24. The smallest absolute Gasteiger partial charge is 0.255 e. The molecular formula is C18H23ClN4O3. The van der Waals surface area contributed by atoms with E-state index in [1.54, 1.807) is 38.4 Å². The molecule has 0 radical (unpaired) electrons. The number of carbonyl (C=O) groups excluding carboxylic acids is 2. The van der Waals surface area contributed by atoms with Gasteiger partial charge in [-0.25, -0.2) is 0 Å². The van der Waals surface area contributed by atoms with Gasteiger partial charge in [0, 0.05) is 36.3 Å². The zero-order valence-corrected chi connectivity index (χ0v) is 16.3. The Bertz CT molecular complexity index is 809. The van der Waals surface area contributed by atoms with E-state index in [9.17, 15) is 9.59 Å². The molecule has 2 aromatic rings. The van der Waals surface area contributed by atoms with Crippen LogP contribution in [-0.2, 0) is 10.2 Å². The van der Waals surface area contributed by atoms with Gasteiger partial charge in [0.2, 0.25) is 11.8 Å². The van der Waals surface area contributed by atoms with E-state index in [1.807, 2.05) is 20.8 Å². The fraction of sp³-hybridized carbons (Fsp3) is 0.389. The first-order valence-corrected chi connectivity index (χ1v) is 8.48. The van der Waals surface area contributed by atoms with Crippen molar-refractivity contribution in [2.75, 3.05) is 31.3 Å². The summed E-state index contributed by atoms with van der Waals surface area (Å²) in [4.78, 5) is 25.8. The van der Waals surface area contributed by atoms with E-state index in [2.05, 4.69) is 15.8 Å². The number of nitrogens with one attached hydrogen (secondary N) is 2. The first-order chi connectivity index (χ1) is 12.1. The second-order valence-electron chi connectivity index (χ2n) is 7.12. The van der Waals surface area contributed by atoms with E-state index in [-0.39, 0.29) is 29.7 Å². The molecule has 0 saturated carbocycles. The quantitative estimate of drug-likeness (QED) is 0.832. The van der Waals surface area contributed by atoms with Crippen LogP contribution in [-0.4, -0.2) is 42.5 Å². The maximum absolute atomic E-state index is 12.2. The first-order valence-electron chi connectivity index (χ1n) is 8.10. The highest BCUT2D eigenvalue weighted by molar-refractivity contribution is 6.31. The van der Waals surface area contributed by atoms with Crippen molar-refractivity contribution in [3.8, 4) is 0 Å². The summed E-state index contributed by atoms with van der Waals surface area (Å²) >= 11 is 6.00. The normalized spacial score (nSPS) is 11.2. The second kappa shape index (κ2) is 7.78. The van der Waals surface area contributed by atoms with Crippen LogP contribution in [0.5, 0.6) is 0 Å². The summed E-state index contributed by atoms with van der Waals surface area (Å²) in [5.41, 5.74) is 1.49. The van der Waals surface area contributed by atoms with Gasteiger partial charge in [0.05, 0.1) is 17.8 Å². The Morgan fingerprint density at radius 3 is 2.50 bits per heavy atom. The summed E-state index contributed by atoms with van der Waals surface area (Å²) in [7, 11) is 3.31. The lowest BCUT2D eigenvalue weighted by molar-refractivity contribution is -0.114. The van der Waals surface area contributed by atoms with Gasteiger partial charge in [0.15, 0.2) is 0 Å². The van der Waals surface area contributed by atoms with Crippen LogP contribution in [0.4, 0.5) is 11.6 Å². The number of benzene rings is 1. The topological polar surface area (TPSA) is 87.5 Å². The van der Waals surface area contributed by atoms with Crippen LogP contribution in [0, 0.1) is 0 Å². The third-order valence-electron chi connectivity index (χ3n) is 3.60. The molecule has 0 aliphatic heterocycles. The van der Waals surface area contributed by atoms with Crippen molar-refractivity contribution in [1.29, 1.82) is 0 Å². The van der Waals surface area contributed by atoms with Gasteiger partial charge in [0.25, 0.3) is 5.91 Å². The molecule has 2 rings (SSSR count). The average molecular weight is 379 g/mol. The molecule has 0 spiro atoms. The van der Waals surface area contributed by atoms with Gasteiger partial charge in [-0.05, 0) is 18.2 Å². The number of nitrogens with zero attached hydrogens (tertiary/aromatic N) is 2. The molecular weight excluding hydrogens is 356 g/mol. The van der Waals surface area contributed by atoms with Crippen LogP contribution in [0.25, 0.3) is 0 Å². The molecule has 1 aromatic heterocycles. The van der Waals surface area contributed by atoms with E-state index in [0.717, 1.165) is 5.69 Å². The number of carbonyl (C=O) groups is 2. The van der Waals surface area contributed by atoms with Gasteiger partial charge in [-0.3, -0.25) is 14.9 Å². The van der Waals surface area contributed by atoms with Crippen molar-refractivity contribution in [1.82, 2.24) is 10.1 Å². The van der Waals surface area contributed by atoms with Gasteiger partial charge in [-0.15, -0.1) is 0 Å². The molecule has 0 fully saturated rings. The molecule has 7 nitrogen and oxygen atoms in total. The van der Waals surface area contributed by atoms with Crippen molar-refractivity contribution in [3.63, 3.8) is 0 Å². The van der Waals surface area contributed by atoms with Gasteiger partial charge in [-0.1, -0.05) is 37.5 Å². The minimum atomic E-state index is -0.329. The second-order valence-corrected chi connectivity index (χ2v) is 7.55. The molecule has 0 aliphatic rings. The third-order valence-corrected chi connectivity index (χ3v) is 3.83. The van der Waals surface area contributed by atoms with Crippen molar-refractivity contribution in [2.45, 2.75) is 26.2 Å². The summed E-state index contributed by atoms with van der Waals surface area (Å²) in [5, 5.41) is 9.99. The predicted octanol–water partition coefficient (Wildman–Crippen LogP) is 3.38. The molecule has 0 saturated heterocycles. The molecule has 0 unspecified atom stereocenters. The fourth-order valence-electron chi connectivity index (χ4n) is 2.13. The lowest BCUT2D eigenvalue weighted by Crippen LogP contribution is -2.25. The van der Waals surface area contributed by atoms with E-state index >= 15 is 0 Å². The molecule has 1 aromatic carbocycles.